The maximum absolute atomic E-state index is 4.54. The Labute approximate surface area is 122 Å². The van der Waals surface area contributed by atoms with Gasteiger partial charge in [-0.15, -0.1) is 11.8 Å². The average molecular weight is 281 g/mol. The van der Waals surface area contributed by atoms with Crippen LogP contribution in [0.3, 0.4) is 0 Å². The molecule has 1 aromatic heterocycles. The van der Waals surface area contributed by atoms with Crippen molar-refractivity contribution in [2.75, 3.05) is 17.6 Å². The Morgan fingerprint density at radius 2 is 1.65 bits per heavy atom. The lowest BCUT2D eigenvalue weighted by atomic mass is 10.3. The summed E-state index contributed by atoms with van der Waals surface area (Å²) >= 11 is 1.83. The zero-order valence-corrected chi connectivity index (χ0v) is 11.8. The molecule has 3 aromatic rings. The van der Waals surface area contributed by atoms with Crippen LogP contribution in [-0.2, 0) is 0 Å². The molecule has 2 aromatic carbocycles. The van der Waals surface area contributed by atoms with Crippen molar-refractivity contribution in [3.05, 3.63) is 60.8 Å². The molecule has 4 heteroatoms. The molecule has 0 aliphatic heterocycles. The molecule has 1 N–H and O–H groups in total. The second-order valence-corrected chi connectivity index (χ2v) is 5.50. The topological polar surface area (TPSA) is 37.8 Å². The zero-order chi connectivity index (χ0) is 13.6. The predicted molar refractivity (Wildman–Crippen MR) is 85.2 cm³/mol. The second-order valence-electron chi connectivity index (χ2n) is 4.33. The third-order valence-corrected chi connectivity index (χ3v) is 3.88. The molecule has 3 nitrogen and oxygen atoms in total. The highest BCUT2D eigenvalue weighted by Crippen LogP contribution is 2.17. The molecule has 0 fully saturated rings. The summed E-state index contributed by atoms with van der Waals surface area (Å²) in [4.78, 5) is 10.2. The maximum Gasteiger partial charge on any atom is 0.145 e. The highest BCUT2D eigenvalue weighted by Gasteiger charge is 1.98. The average Bonchev–Trinajstić information content (AvgIpc) is 2.52. The van der Waals surface area contributed by atoms with Gasteiger partial charge in [0.2, 0.25) is 0 Å². The largest absolute Gasteiger partial charge is 0.368 e. The first-order valence-corrected chi connectivity index (χ1v) is 7.54. The zero-order valence-electron chi connectivity index (χ0n) is 11.0. The molecule has 0 spiro atoms. The lowest BCUT2D eigenvalue weighted by molar-refractivity contribution is 1.16. The molecule has 0 aliphatic carbocycles. The smallest absolute Gasteiger partial charge is 0.145 e. The van der Waals surface area contributed by atoms with Crippen LogP contribution in [0, 0.1) is 0 Å². The van der Waals surface area contributed by atoms with Crippen LogP contribution in [0.4, 0.5) is 5.82 Å². The van der Waals surface area contributed by atoms with Crippen LogP contribution >= 0.6 is 11.8 Å². The molecule has 0 saturated heterocycles. The van der Waals surface area contributed by atoms with Crippen LogP contribution in [0.5, 0.6) is 0 Å². The summed E-state index contributed by atoms with van der Waals surface area (Å²) in [5.41, 5.74) is 1.85. The van der Waals surface area contributed by atoms with Crippen LogP contribution in [0.15, 0.2) is 65.7 Å². The minimum Gasteiger partial charge on any atom is -0.368 e. The highest BCUT2D eigenvalue weighted by atomic mass is 32.2. The van der Waals surface area contributed by atoms with Gasteiger partial charge in [-0.05, 0) is 24.3 Å². The van der Waals surface area contributed by atoms with Crippen molar-refractivity contribution < 1.29 is 0 Å². The summed E-state index contributed by atoms with van der Waals surface area (Å²) in [6.07, 6.45) is 1.79. The van der Waals surface area contributed by atoms with E-state index in [-0.39, 0.29) is 0 Å². The predicted octanol–water partition coefficient (Wildman–Crippen LogP) is 3.83. The summed E-state index contributed by atoms with van der Waals surface area (Å²) in [7, 11) is 0. The second kappa shape index (κ2) is 6.39. The highest BCUT2D eigenvalue weighted by molar-refractivity contribution is 7.99. The van der Waals surface area contributed by atoms with E-state index in [1.54, 1.807) is 6.20 Å². The van der Waals surface area contributed by atoms with Gasteiger partial charge >= 0.3 is 0 Å². The minimum absolute atomic E-state index is 0.831. The number of anilines is 1. The first-order valence-electron chi connectivity index (χ1n) is 6.55. The van der Waals surface area contributed by atoms with Crippen molar-refractivity contribution in [1.82, 2.24) is 9.97 Å². The molecule has 0 bridgehead atoms. The Morgan fingerprint density at radius 3 is 2.50 bits per heavy atom. The van der Waals surface area contributed by atoms with Gasteiger partial charge in [0.25, 0.3) is 0 Å². The lowest BCUT2D eigenvalue weighted by Gasteiger charge is -2.06. The molecule has 0 saturated carbocycles. The lowest BCUT2D eigenvalue weighted by Crippen LogP contribution is -2.06. The Bertz CT molecular complexity index is 685. The molecule has 1 heterocycles. The summed E-state index contributed by atoms with van der Waals surface area (Å²) in [5, 5.41) is 3.31. The van der Waals surface area contributed by atoms with E-state index in [2.05, 4.69) is 39.6 Å². The Morgan fingerprint density at radius 1 is 0.900 bits per heavy atom. The van der Waals surface area contributed by atoms with E-state index >= 15 is 0 Å². The molecular weight excluding hydrogens is 266 g/mol. The van der Waals surface area contributed by atoms with E-state index in [0.717, 1.165) is 29.1 Å². The standard InChI is InChI=1S/C16H15N3S/c1-2-6-13(7-3-1)20-11-10-17-16-12-18-14-8-4-5-9-15(14)19-16/h1-9,12H,10-11H2,(H,17,19). The minimum atomic E-state index is 0.831. The van der Waals surface area contributed by atoms with Gasteiger partial charge in [0, 0.05) is 17.2 Å². The molecule has 0 unspecified atom stereocenters. The van der Waals surface area contributed by atoms with Crippen LogP contribution in [-0.4, -0.2) is 22.3 Å². The van der Waals surface area contributed by atoms with Gasteiger partial charge in [0.05, 0.1) is 17.2 Å². The van der Waals surface area contributed by atoms with Crippen LogP contribution in [0.1, 0.15) is 0 Å². The van der Waals surface area contributed by atoms with Gasteiger partial charge in [0.1, 0.15) is 5.82 Å². The van der Waals surface area contributed by atoms with Gasteiger partial charge in [-0.3, -0.25) is 4.98 Å². The Balaban J connectivity index is 1.55. The molecular formula is C16H15N3S. The van der Waals surface area contributed by atoms with E-state index in [1.165, 1.54) is 4.90 Å². The third kappa shape index (κ3) is 3.27. The van der Waals surface area contributed by atoms with Crippen molar-refractivity contribution in [3.8, 4) is 0 Å². The van der Waals surface area contributed by atoms with Crippen molar-refractivity contribution in [1.29, 1.82) is 0 Å². The van der Waals surface area contributed by atoms with Crippen molar-refractivity contribution >= 4 is 28.6 Å². The number of aromatic nitrogens is 2. The number of thioether (sulfide) groups is 1. The van der Waals surface area contributed by atoms with E-state index in [1.807, 2.05) is 42.1 Å². The number of para-hydroxylation sites is 2. The van der Waals surface area contributed by atoms with E-state index in [9.17, 15) is 0 Å². The number of fused-ring (bicyclic) bond motifs is 1. The van der Waals surface area contributed by atoms with Crippen molar-refractivity contribution in [2.24, 2.45) is 0 Å². The van der Waals surface area contributed by atoms with Gasteiger partial charge in [-0.2, -0.15) is 0 Å². The quantitative estimate of drug-likeness (QED) is 0.569. The summed E-state index contributed by atoms with van der Waals surface area (Å²) in [6, 6.07) is 18.3. The maximum atomic E-state index is 4.54. The van der Waals surface area contributed by atoms with E-state index in [4.69, 9.17) is 0 Å². The fourth-order valence-corrected chi connectivity index (χ4v) is 2.70. The Hall–Kier alpha value is -2.07. The summed E-state index contributed by atoms with van der Waals surface area (Å²) < 4.78 is 0. The monoisotopic (exact) mass is 281 g/mol. The molecule has 0 aliphatic rings. The van der Waals surface area contributed by atoms with Gasteiger partial charge in [-0.25, -0.2) is 4.98 Å². The van der Waals surface area contributed by atoms with Gasteiger partial charge in [-0.1, -0.05) is 30.3 Å². The normalized spacial score (nSPS) is 10.6. The first-order chi connectivity index (χ1) is 9.92. The molecule has 20 heavy (non-hydrogen) atoms. The van der Waals surface area contributed by atoms with Crippen molar-refractivity contribution in [2.45, 2.75) is 4.90 Å². The molecule has 0 radical (unpaired) electrons. The SMILES string of the molecule is c1ccc(SCCNc2cnc3ccccc3n2)cc1. The first kappa shape index (κ1) is 12.9. The fraction of sp³-hybridized carbons (Fsp3) is 0.125. The summed E-state index contributed by atoms with van der Waals surface area (Å²) in [6.45, 7) is 0.868. The molecule has 0 amide bonds. The number of nitrogens with one attached hydrogen (secondary N) is 1. The number of hydrogen-bond donors (Lipinski definition) is 1. The fourth-order valence-electron chi connectivity index (χ4n) is 1.91. The van der Waals surface area contributed by atoms with E-state index < -0.39 is 0 Å². The number of nitrogens with zero attached hydrogens (tertiary/aromatic N) is 2. The van der Waals surface area contributed by atoms with Gasteiger partial charge < -0.3 is 5.32 Å². The molecule has 100 valence electrons. The summed E-state index contributed by atoms with van der Waals surface area (Å²) in [5.74, 6) is 1.83. The molecule has 3 rings (SSSR count). The van der Waals surface area contributed by atoms with Crippen LogP contribution in [0.25, 0.3) is 11.0 Å². The van der Waals surface area contributed by atoms with Crippen molar-refractivity contribution in [3.63, 3.8) is 0 Å². The van der Waals surface area contributed by atoms with Crippen LogP contribution < -0.4 is 5.32 Å². The Kier molecular flexibility index (Phi) is 4.13. The van der Waals surface area contributed by atoms with E-state index in [0.29, 0.717) is 0 Å². The number of hydrogen-bond acceptors (Lipinski definition) is 4. The van der Waals surface area contributed by atoms with Crippen LogP contribution in [0.2, 0.25) is 0 Å². The third-order valence-electron chi connectivity index (χ3n) is 2.87. The van der Waals surface area contributed by atoms with Gasteiger partial charge in [0.15, 0.2) is 0 Å². The number of benzene rings is 2. The molecule has 0 atom stereocenters. The number of rotatable bonds is 5.